The van der Waals surface area contributed by atoms with Gasteiger partial charge in [0.2, 0.25) is 5.91 Å². The largest absolute Gasteiger partial charge is 0.341 e. The average Bonchev–Trinajstić information content (AvgIpc) is 3.06. The van der Waals surface area contributed by atoms with Crippen LogP contribution in [-0.2, 0) is 11.3 Å². The first-order valence-corrected chi connectivity index (χ1v) is 6.06. The number of halogens is 2. The van der Waals surface area contributed by atoms with Crippen molar-refractivity contribution in [1.82, 2.24) is 4.90 Å². The summed E-state index contributed by atoms with van der Waals surface area (Å²) in [7, 11) is 1.79. The van der Waals surface area contributed by atoms with Gasteiger partial charge in [0.25, 0.3) is 0 Å². The zero-order chi connectivity index (χ0) is 11.7. The Labute approximate surface area is 103 Å². The summed E-state index contributed by atoms with van der Waals surface area (Å²) in [6, 6.07) is 4.83. The normalized spacial score (nSPS) is 14.9. The van der Waals surface area contributed by atoms with Crippen molar-refractivity contribution in [3.63, 3.8) is 0 Å². The maximum atomic E-state index is 13.0. The Hall–Kier alpha value is -0.900. The van der Waals surface area contributed by atoms with Crippen molar-refractivity contribution in [2.75, 3.05) is 7.05 Å². The molecule has 1 saturated carbocycles. The summed E-state index contributed by atoms with van der Waals surface area (Å²) in [4.78, 5) is 13.4. The highest BCUT2D eigenvalue weighted by Crippen LogP contribution is 2.31. The molecule has 0 atom stereocenters. The summed E-state index contributed by atoms with van der Waals surface area (Å²) in [5, 5.41) is 0. The number of carbonyl (C=O) groups is 1. The third kappa shape index (κ3) is 2.61. The molecule has 1 aromatic carbocycles. The van der Waals surface area contributed by atoms with Gasteiger partial charge in [-0.15, -0.1) is 0 Å². The zero-order valence-corrected chi connectivity index (χ0v) is 10.6. The van der Waals surface area contributed by atoms with Crippen molar-refractivity contribution in [1.29, 1.82) is 0 Å². The van der Waals surface area contributed by atoms with E-state index in [1.54, 1.807) is 24.1 Å². The summed E-state index contributed by atoms with van der Waals surface area (Å²) in [5.41, 5.74) is 0.935. The van der Waals surface area contributed by atoms with Gasteiger partial charge in [0.1, 0.15) is 5.82 Å². The second kappa shape index (κ2) is 4.53. The third-order valence-electron chi connectivity index (χ3n) is 2.71. The molecular weight excluding hydrogens is 273 g/mol. The molecule has 4 heteroatoms. The quantitative estimate of drug-likeness (QED) is 0.836. The van der Waals surface area contributed by atoms with Crippen LogP contribution in [0.5, 0.6) is 0 Å². The summed E-state index contributed by atoms with van der Waals surface area (Å²) in [6.07, 6.45) is 2.02. The number of benzene rings is 1. The highest BCUT2D eigenvalue weighted by Gasteiger charge is 2.31. The van der Waals surface area contributed by atoms with Gasteiger partial charge in [-0.1, -0.05) is 6.07 Å². The van der Waals surface area contributed by atoms with E-state index >= 15 is 0 Å². The van der Waals surface area contributed by atoms with Crippen molar-refractivity contribution in [2.24, 2.45) is 5.92 Å². The molecule has 1 fully saturated rings. The molecule has 0 N–H and O–H groups in total. The van der Waals surface area contributed by atoms with Crippen LogP contribution in [0.15, 0.2) is 22.7 Å². The van der Waals surface area contributed by atoms with E-state index in [0.29, 0.717) is 11.0 Å². The summed E-state index contributed by atoms with van der Waals surface area (Å²) in [5.74, 6) is 0.147. The Bertz CT molecular complexity index is 417. The van der Waals surface area contributed by atoms with Crippen LogP contribution >= 0.6 is 15.9 Å². The minimum atomic E-state index is -0.278. The number of rotatable bonds is 3. The minimum Gasteiger partial charge on any atom is -0.341 e. The van der Waals surface area contributed by atoms with Gasteiger partial charge in [0.15, 0.2) is 0 Å². The molecule has 1 aliphatic rings. The molecule has 0 radical (unpaired) electrons. The first-order valence-electron chi connectivity index (χ1n) is 5.27. The fourth-order valence-electron chi connectivity index (χ4n) is 1.63. The van der Waals surface area contributed by atoms with E-state index < -0.39 is 0 Å². The van der Waals surface area contributed by atoms with Crippen molar-refractivity contribution in [2.45, 2.75) is 19.4 Å². The number of hydrogen-bond acceptors (Lipinski definition) is 1. The minimum absolute atomic E-state index is 0.195. The Kier molecular flexibility index (Phi) is 3.28. The highest BCUT2D eigenvalue weighted by molar-refractivity contribution is 9.10. The molecule has 0 aliphatic heterocycles. The predicted molar refractivity (Wildman–Crippen MR) is 63.3 cm³/mol. The van der Waals surface area contributed by atoms with Crippen LogP contribution in [-0.4, -0.2) is 17.9 Å². The lowest BCUT2D eigenvalue weighted by Gasteiger charge is -2.17. The van der Waals surface area contributed by atoms with Gasteiger partial charge < -0.3 is 4.90 Å². The Morgan fingerprint density at radius 2 is 2.25 bits per heavy atom. The van der Waals surface area contributed by atoms with Crippen molar-refractivity contribution in [3.8, 4) is 0 Å². The number of carbonyl (C=O) groups excluding carboxylic acids is 1. The molecule has 2 nitrogen and oxygen atoms in total. The second-order valence-electron chi connectivity index (χ2n) is 4.22. The predicted octanol–water partition coefficient (Wildman–Crippen LogP) is 2.96. The molecule has 0 aromatic heterocycles. The van der Waals surface area contributed by atoms with Gasteiger partial charge in [-0.3, -0.25) is 4.79 Å². The van der Waals surface area contributed by atoms with Crippen LogP contribution in [0.3, 0.4) is 0 Å². The van der Waals surface area contributed by atoms with Crippen molar-refractivity contribution >= 4 is 21.8 Å². The molecule has 0 unspecified atom stereocenters. The van der Waals surface area contributed by atoms with Crippen LogP contribution in [0.1, 0.15) is 18.4 Å². The first kappa shape index (κ1) is 11.6. The van der Waals surface area contributed by atoms with E-state index in [1.807, 2.05) is 0 Å². The third-order valence-corrected chi connectivity index (χ3v) is 3.31. The second-order valence-corrected chi connectivity index (χ2v) is 5.07. The monoisotopic (exact) mass is 285 g/mol. The van der Waals surface area contributed by atoms with Crippen LogP contribution < -0.4 is 0 Å². The van der Waals surface area contributed by atoms with Crippen molar-refractivity contribution in [3.05, 3.63) is 34.1 Å². The highest BCUT2D eigenvalue weighted by atomic mass is 79.9. The lowest BCUT2D eigenvalue weighted by atomic mass is 10.2. The molecule has 16 heavy (non-hydrogen) atoms. The smallest absolute Gasteiger partial charge is 0.225 e. The lowest BCUT2D eigenvalue weighted by molar-refractivity contribution is -0.131. The van der Waals surface area contributed by atoms with E-state index in [0.717, 1.165) is 18.4 Å². The Balaban J connectivity index is 2.02. The molecule has 0 heterocycles. The molecule has 86 valence electrons. The van der Waals surface area contributed by atoms with Crippen molar-refractivity contribution < 1.29 is 9.18 Å². The Morgan fingerprint density at radius 3 is 2.81 bits per heavy atom. The van der Waals surface area contributed by atoms with Gasteiger partial charge in [-0.2, -0.15) is 0 Å². The van der Waals surface area contributed by atoms with Gasteiger partial charge in [-0.25, -0.2) is 4.39 Å². The van der Waals surface area contributed by atoms with E-state index in [1.165, 1.54) is 6.07 Å². The SMILES string of the molecule is CN(Cc1ccc(F)c(Br)c1)C(=O)C1CC1. The van der Waals surface area contributed by atoms with E-state index in [9.17, 15) is 9.18 Å². The topological polar surface area (TPSA) is 20.3 Å². The van der Waals surface area contributed by atoms with Gasteiger partial charge in [0.05, 0.1) is 4.47 Å². The molecule has 1 aliphatic carbocycles. The molecular formula is C12H13BrFNO. The maximum absolute atomic E-state index is 13.0. The molecule has 1 aromatic rings. The van der Waals surface area contributed by atoms with Crippen LogP contribution in [0, 0.1) is 11.7 Å². The maximum Gasteiger partial charge on any atom is 0.225 e. The molecule has 1 amide bonds. The molecule has 0 spiro atoms. The summed E-state index contributed by atoms with van der Waals surface area (Å²) < 4.78 is 13.4. The van der Waals surface area contributed by atoms with Crippen LogP contribution in [0.25, 0.3) is 0 Å². The van der Waals surface area contributed by atoms with Gasteiger partial charge >= 0.3 is 0 Å². The summed E-state index contributed by atoms with van der Waals surface area (Å²) in [6.45, 7) is 0.536. The standard InChI is InChI=1S/C12H13BrFNO/c1-15(12(16)9-3-4-9)7-8-2-5-11(14)10(13)6-8/h2,5-6,9H,3-4,7H2,1H3. The van der Waals surface area contributed by atoms with Crippen LogP contribution in [0.4, 0.5) is 4.39 Å². The van der Waals surface area contributed by atoms with E-state index in [-0.39, 0.29) is 17.6 Å². The Morgan fingerprint density at radius 1 is 1.56 bits per heavy atom. The lowest BCUT2D eigenvalue weighted by Crippen LogP contribution is -2.27. The number of hydrogen-bond donors (Lipinski definition) is 0. The number of amides is 1. The number of nitrogens with zero attached hydrogens (tertiary/aromatic N) is 1. The van der Waals surface area contributed by atoms with Crippen LogP contribution in [0.2, 0.25) is 0 Å². The van der Waals surface area contributed by atoms with E-state index in [4.69, 9.17) is 0 Å². The fraction of sp³-hybridized carbons (Fsp3) is 0.417. The van der Waals surface area contributed by atoms with E-state index in [2.05, 4.69) is 15.9 Å². The molecule has 0 saturated heterocycles. The average molecular weight is 286 g/mol. The molecule has 0 bridgehead atoms. The van der Waals surface area contributed by atoms with Gasteiger partial charge in [-0.05, 0) is 46.5 Å². The van der Waals surface area contributed by atoms with Gasteiger partial charge in [0, 0.05) is 19.5 Å². The zero-order valence-electron chi connectivity index (χ0n) is 9.04. The first-order chi connectivity index (χ1) is 7.58. The summed E-state index contributed by atoms with van der Waals surface area (Å²) >= 11 is 3.14. The fourth-order valence-corrected chi connectivity index (χ4v) is 2.06. The molecule has 2 rings (SSSR count).